The SMILES string of the molecule is C=CCOC(=O)CS(=O)(=O)O.CCCCCCCCCCCCOC(=O)CS(=O)(=O)O.[Na]. The summed E-state index contributed by atoms with van der Waals surface area (Å²) in [6, 6.07) is 0. The van der Waals surface area contributed by atoms with Crippen LogP contribution in [0, 0.1) is 0 Å². The van der Waals surface area contributed by atoms with Crippen LogP contribution in [0.5, 0.6) is 0 Å². The van der Waals surface area contributed by atoms with E-state index >= 15 is 0 Å². The molecule has 0 aromatic carbocycles. The van der Waals surface area contributed by atoms with Crippen LogP contribution in [0.25, 0.3) is 0 Å². The van der Waals surface area contributed by atoms with E-state index in [1.807, 2.05) is 0 Å². The maximum atomic E-state index is 11.0. The number of carbonyl (C=O) groups is 2. The number of carbonyl (C=O) groups excluding carboxylic acids is 2. The van der Waals surface area contributed by atoms with Crippen LogP contribution in [0.2, 0.25) is 0 Å². The van der Waals surface area contributed by atoms with Gasteiger partial charge in [0.25, 0.3) is 20.2 Å². The van der Waals surface area contributed by atoms with Gasteiger partial charge in [-0.1, -0.05) is 77.4 Å². The first kappa shape index (κ1) is 36.1. The van der Waals surface area contributed by atoms with E-state index in [0.29, 0.717) is 0 Å². The predicted octanol–water partition coefficient (Wildman–Crippen LogP) is 2.56. The molecule has 0 aliphatic carbocycles. The average molecular weight is 512 g/mol. The number of ether oxygens (including phenoxy) is 2. The number of rotatable bonds is 17. The molecule has 13 heteroatoms. The van der Waals surface area contributed by atoms with Gasteiger partial charge in [-0.25, -0.2) is 0 Å². The first-order chi connectivity index (χ1) is 14.4. The van der Waals surface area contributed by atoms with Crippen LogP contribution in [0.4, 0.5) is 0 Å². The summed E-state index contributed by atoms with van der Waals surface area (Å²) >= 11 is 0. The zero-order valence-electron chi connectivity index (χ0n) is 19.2. The van der Waals surface area contributed by atoms with E-state index < -0.39 is 43.7 Å². The molecule has 0 unspecified atom stereocenters. The zero-order chi connectivity index (χ0) is 24.2. The maximum absolute atomic E-state index is 11.0. The minimum Gasteiger partial charge on any atom is -0.465 e. The summed E-state index contributed by atoms with van der Waals surface area (Å²) < 4.78 is 66.4. The second-order valence-corrected chi connectivity index (χ2v) is 9.73. The number of unbranched alkanes of at least 4 members (excludes halogenated alkanes) is 9. The van der Waals surface area contributed by atoms with Crippen molar-refractivity contribution in [3.63, 3.8) is 0 Å². The summed E-state index contributed by atoms with van der Waals surface area (Å²) in [6.45, 7) is 5.62. The van der Waals surface area contributed by atoms with Crippen molar-refractivity contribution in [2.75, 3.05) is 24.7 Å². The summed E-state index contributed by atoms with van der Waals surface area (Å²) in [7, 11) is -8.52. The number of esters is 2. The molecular formula is C19H36NaO10S2. The van der Waals surface area contributed by atoms with Gasteiger partial charge in [0.1, 0.15) is 6.61 Å². The topological polar surface area (TPSA) is 161 Å². The molecule has 0 aliphatic heterocycles. The van der Waals surface area contributed by atoms with E-state index in [-0.39, 0.29) is 42.8 Å². The van der Waals surface area contributed by atoms with Gasteiger partial charge in [-0.3, -0.25) is 18.7 Å². The molecule has 0 spiro atoms. The predicted molar refractivity (Wildman–Crippen MR) is 123 cm³/mol. The number of hydrogen-bond acceptors (Lipinski definition) is 8. The van der Waals surface area contributed by atoms with Crippen molar-refractivity contribution in [1.29, 1.82) is 0 Å². The van der Waals surface area contributed by atoms with E-state index in [9.17, 15) is 26.4 Å². The Labute approximate surface area is 214 Å². The van der Waals surface area contributed by atoms with Crippen molar-refractivity contribution < 1.29 is 45.0 Å². The van der Waals surface area contributed by atoms with Crippen LogP contribution in [0.3, 0.4) is 0 Å². The summed E-state index contributed by atoms with van der Waals surface area (Å²) in [5.74, 6) is -3.85. The van der Waals surface area contributed by atoms with Crippen molar-refractivity contribution in [3.8, 4) is 0 Å². The van der Waals surface area contributed by atoms with E-state index in [4.69, 9.17) is 13.8 Å². The average Bonchev–Trinajstić information content (AvgIpc) is 2.62. The van der Waals surface area contributed by atoms with Crippen LogP contribution >= 0.6 is 0 Å². The second-order valence-electron chi connectivity index (χ2n) is 6.83. The van der Waals surface area contributed by atoms with Crippen molar-refractivity contribution in [2.24, 2.45) is 0 Å². The Kier molecular flexibility index (Phi) is 25.1. The van der Waals surface area contributed by atoms with Crippen LogP contribution in [-0.2, 0) is 39.3 Å². The molecule has 0 aliphatic rings. The van der Waals surface area contributed by atoms with Crippen LogP contribution in [0.15, 0.2) is 12.7 Å². The van der Waals surface area contributed by atoms with Gasteiger partial charge in [0.15, 0.2) is 11.5 Å². The van der Waals surface area contributed by atoms with E-state index in [1.165, 1.54) is 51.0 Å². The molecule has 0 heterocycles. The van der Waals surface area contributed by atoms with Gasteiger partial charge in [-0.15, -0.1) is 0 Å². The van der Waals surface area contributed by atoms with Gasteiger partial charge in [0.2, 0.25) is 0 Å². The summed E-state index contributed by atoms with van der Waals surface area (Å²) in [4.78, 5) is 21.4. The Balaban J connectivity index is -0.000000597. The maximum Gasteiger partial charge on any atom is 0.323 e. The fraction of sp³-hybridized carbons (Fsp3) is 0.789. The largest absolute Gasteiger partial charge is 0.465 e. The molecule has 0 rings (SSSR count). The molecular weight excluding hydrogens is 475 g/mol. The fourth-order valence-electron chi connectivity index (χ4n) is 2.31. The van der Waals surface area contributed by atoms with Gasteiger partial charge in [-0.05, 0) is 6.42 Å². The first-order valence-electron chi connectivity index (χ1n) is 10.2. The molecule has 0 atom stereocenters. The number of hydrogen-bond donors (Lipinski definition) is 2. The third-order valence-corrected chi connectivity index (χ3v) is 4.92. The molecule has 0 saturated carbocycles. The standard InChI is InChI=1S/C14H28O5S.C5H8O5S.Na/c1-2-3-4-5-6-7-8-9-10-11-12-19-14(15)13-20(16,17)18;1-2-3-10-5(6)4-11(7,8)9;/h2-13H2,1H3,(H,16,17,18);2H,1,3-4H2,(H,7,8,9);. The van der Waals surface area contributed by atoms with E-state index in [0.717, 1.165) is 19.3 Å². The van der Waals surface area contributed by atoms with Gasteiger partial charge in [0, 0.05) is 29.6 Å². The Morgan fingerprint density at radius 3 is 1.50 bits per heavy atom. The molecule has 2 N–H and O–H groups in total. The molecule has 185 valence electrons. The third kappa shape index (κ3) is 34.1. The molecule has 0 amide bonds. The fourth-order valence-corrected chi connectivity index (χ4v) is 3.07. The minimum atomic E-state index is -4.26. The van der Waals surface area contributed by atoms with Gasteiger partial charge in [0.05, 0.1) is 6.61 Å². The molecule has 10 nitrogen and oxygen atoms in total. The van der Waals surface area contributed by atoms with E-state index in [1.54, 1.807) is 0 Å². The first-order valence-corrected chi connectivity index (χ1v) is 13.5. The Morgan fingerprint density at radius 2 is 1.12 bits per heavy atom. The summed E-state index contributed by atoms with van der Waals surface area (Å²) in [6.07, 6.45) is 13.1. The Bertz CT molecular complexity index is 706. The van der Waals surface area contributed by atoms with Gasteiger partial charge >= 0.3 is 11.9 Å². The molecule has 1 radical (unpaired) electrons. The van der Waals surface area contributed by atoms with Crippen molar-refractivity contribution in [1.82, 2.24) is 0 Å². The Morgan fingerprint density at radius 1 is 0.750 bits per heavy atom. The summed E-state index contributed by atoms with van der Waals surface area (Å²) in [5.41, 5.74) is 0. The minimum absolute atomic E-state index is 0. The molecule has 0 aromatic heterocycles. The molecule has 32 heavy (non-hydrogen) atoms. The van der Waals surface area contributed by atoms with Crippen LogP contribution in [-0.4, -0.2) is 92.2 Å². The zero-order valence-corrected chi connectivity index (χ0v) is 22.8. The van der Waals surface area contributed by atoms with Crippen molar-refractivity contribution in [3.05, 3.63) is 12.7 Å². The van der Waals surface area contributed by atoms with Gasteiger partial charge < -0.3 is 9.47 Å². The van der Waals surface area contributed by atoms with Crippen LogP contribution in [0.1, 0.15) is 71.1 Å². The second kappa shape index (κ2) is 22.3. The van der Waals surface area contributed by atoms with Crippen LogP contribution < -0.4 is 0 Å². The molecule has 0 saturated heterocycles. The van der Waals surface area contributed by atoms with E-state index in [2.05, 4.69) is 18.2 Å². The monoisotopic (exact) mass is 511 g/mol. The molecule has 0 bridgehead atoms. The third-order valence-electron chi connectivity index (χ3n) is 3.72. The smallest absolute Gasteiger partial charge is 0.323 e. The Hall–Kier alpha value is -0.500. The molecule has 0 fully saturated rings. The quantitative estimate of drug-likeness (QED) is 0.0976. The van der Waals surface area contributed by atoms with Crippen molar-refractivity contribution in [2.45, 2.75) is 71.1 Å². The van der Waals surface area contributed by atoms with Gasteiger partial charge in [-0.2, -0.15) is 16.8 Å². The summed E-state index contributed by atoms with van der Waals surface area (Å²) in [5, 5.41) is 0. The molecule has 0 aromatic rings. The van der Waals surface area contributed by atoms with Crippen molar-refractivity contribution >= 4 is 61.7 Å². The normalized spacial score (nSPS) is 10.8.